The highest BCUT2D eigenvalue weighted by atomic mass is 127. The van der Waals surface area contributed by atoms with Gasteiger partial charge in [0.15, 0.2) is 5.70 Å². The maximum Gasteiger partial charge on any atom is 0.363 e. The highest BCUT2D eigenvalue weighted by Gasteiger charge is 2.26. The van der Waals surface area contributed by atoms with Crippen molar-refractivity contribution >= 4 is 63.1 Å². The lowest BCUT2D eigenvalue weighted by Crippen LogP contribution is -2.07. The van der Waals surface area contributed by atoms with Crippen molar-refractivity contribution in [3.8, 4) is 5.75 Å². The normalized spacial score (nSPS) is 14.5. The molecule has 3 aromatic rings. The van der Waals surface area contributed by atoms with Gasteiger partial charge < -0.3 is 9.47 Å². The third kappa shape index (κ3) is 5.12. The second kappa shape index (κ2) is 9.43. The lowest BCUT2D eigenvalue weighted by molar-refractivity contribution is -0.129. The first-order valence-electron chi connectivity index (χ1n) is 9.04. The predicted molar refractivity (Wildman–Crippen MR) is 130 cm³/mol. The van der Waals surface area contributed by atoms with Crippen LogP contribution in [0.2, 0.25) is 0 Å². The van der Waals surface area contributed by atoms with Crippen molar-refractivity contribution in [2.45, 2.75) is 6.61 Å². The summed E-state index contributed by atoms with van der Waals surface area (Å²) >= 11 is 4.30. The monoisotopic (exact) mass is 643 g/mol. The van der Waals surface area contributed by atoms with Crippen LogP contribution >= 0.6 is 45.2 Å². The second-order valence-electron chi connectivity index (χ2n) is 6.54. The third-order valence-electron chi connectivity index (χ3n) is 4.35. The number of benzene rings is 3. The molecule has 1 heterocycles. The summed E-state index contributed by atoms with van der Waals surface area (Å²) in [5.74, 6) is -0.811. The Labute approximate surface area is 204 Å². The van der Waals surface area contributed by atoms with Crippen LogP contribution in [0.5, 0.6) is 5.75 Å². The number of carbonyl (C=O) groups is 1. The molecule has 0 saturated carbocycles. The van der Waals surface area contributed by atoms with Crippen LogP contribution in [-0.4, -0.2) is 11.9 Å². The first kappa shape index (κ1) is 21.9. The Morgan fingerprint density at radius 3 is 2.35 bits per heavy atom. The number of nitrogens with zero attached hydrogens (tertiary/aromatic N) is 1. The molecule has 0 aromatic heterocycles. The molecule has 1 aliphatic rings. The summed E-state index contributed by atoms with van der Waals surface area (Å²) in [6.07, 6.45) is 1.59. The molecule has 1 aliphatic heterocycles. The number of rotatable bonds is 5. The zero-order valence-corrected chi connectivity index (χ0v) is 20.1. The van der Waals surface area contributed by atoms with E-state index in [-0.39, 0.29) is 23.0 Å². The van der Waals surface area contributed by atoms with Crippen LogP contribution < -0.4 is 4.74 Å². The van der Waals surface area contributed by atoms with Crippen LogP contribution in [-0.2, 0) is 16.1 Å². The fourth-order valence-electron chi connectivity index (χ4n) is 2.85. The van der Waals surface area contributed by atoms with E-state index < -0.39 is 11.8 Å². The summed E-state index contributed by atoms with van der Waals surface area (Å²) in [5, 5.41) is 0. The fraction of sp³-hybridized carbons (Fsp3) is 0.0435. The number of carbonyl (C=O) groups excluding carboxylic acids is 1. The molecule has 0 unspecified atom stereocenters. The Morgan fingerprint density at radius 2 is 1.68 bits per heavy atom. The van der Waals surface area contributed by atoms with Gasteiger partial charge in [0, 0.05) is 0 Å². The molecule has 4 rings (SSSR count). The minimum Gasteiger partial charge on any atom is -0.487 e. The van der Waals surface area contributed by atoms with Crippen molar-refractivity contribution in [3.05, 3.63) is 102 Å². The smallest absolute Gasteiger partial charge is 0.363 e. The van der Waals surface area contributed by atoms with Crippen LogP contribution in [0.25, 0.3) is 6.08 Å². The van der Waals surface area contributed by atoms with E-state index in [0.717, 1.165) is 18.3 Å². The predicted octanol–water partition coefficient (Wildman–Crippen LogP) is 6.10. The van der Waals surface area contributed by atoms with Crippen molar-refractivity contribution in [2.24, 2.45) is 4.99 Å². The van der Waals surface area contributed by atoms with Gasteiger partial charge in [-0.2, -0.15) is 0 Å². The van der Waals surface area contributed by atoms with Crippen LogP contribution in [0.15, 0.2) is 71.4 Å². The molecule has 156 valence electrons. The Bertz CT molecular complexity index is 1200. The maximum atomic E-state index is 14.0. The van der Waals surface area contributed by atoms with Crippen molar-refractivity contribution in [2.75, 3.05) is 0 Å². The minimum absolute atomic E-state index is 0.0574. The molecule has 0 amide bonds. The van der Waals surface area contributed by atoms with E-state index >= 15 is 0 Å². The number of aliphatic imine (C=N–C) groups is 1. The number of hydrogen-bond acceptors (Lipinski definition) is 4. The van der Waals surface area contributed by atoms with E-state index in [9.17, 15) is 13.6 Å². The van der Waals surface area contributed by atoms with E-state index in [2.05, 4.69) is 50.2 Å². The Balaban J connectivity index is 1.56. The van der Waals surface area contributed by atoms with Gasteiger partial charge in [0.2, 0.25) is 5.90 Å². The average molecular weight is 643 g/mol. The molecule has 0 fully saturated rings. The SMILES string of the molecule is O=C1OC(c2ccccc2F)=N/C1=C\c1cc(I)c(OCc2ccc(F)cc2)c(I)c1. The molecule has 3 aromatic carbocycles. The number of ether oxygens (including phenoxy) is 2. The molecule has 0 radical (unpaired) electrons. The minimum atomic E-state index is -0.639. The van der Waals surface area contributed by atoms with E-state index in [1.54, 1.807) is 30.3 Å². The van der Waals surface area contributed by atoms with Gasteiger partial charge in [0.25, 0.3) is 0 Å². The lowest BCUT2D eigenvalue weighted by Gasteiger charge is -2.11. The highest BCUT2D eigenvalue weighted by Crippen LogP contribution is 2.31. The molecule has 0 atom stereocenters. The van der Waals surface area contributed by atoms with Crippen molar-refractivity contribution in [1.82, 2.24) is 0 Å². The number of hydrogen-bond donors (Lipinski definition) is 0. The van der Waals surface area contributed by atoms with Crippen LogP contribution in [0.3, 0.4) is 0 Å². The van der Waals surface area contributed by atoms with Gasteiger partial charge in [-0.05, 0) is 98.8 Å². The van der Waals surface area contributed by atoms with Gasteiger partial charge in [0.1, 0.15) is 24.0 Å². The number of cyclic esters (lactones) is 1. The topological polar surface area (TPSA) is 47.9 Å². The lowest BCUT2D eigenvalue weighted by atomic mass is 10.2. The fourth-order valence-corrected chi connectivity index (χ4v) is 4.98. The Kier molecular flexibility index (Phi) is 6.65. The maximum absolute atomic E-state index is 14.0. The third-order valence-corrected chi connectivity index (χ3v) is 5.95. The molecule has 4 nitrogen and oxygen atoms in total. The van der Waals surface area contributed by atoms with E-state index in [1.807, 2.05) is 12.1 Å². The summed E-state index contributed by atoms with van der Waals surface area (Å²) in [4.78, 5) is 16.4. The summed E-state index contributed by atoms with van der Waals surface area (Å²) in [7, 11) is 0. The van der Waals surface area contributed by atoms with E-state index in [4.69, 9.17) is 9.47 Å². The quantitative estimate of drug-likeness (QED) is 0.192. The van der Waals surface area contributed by atoms with Gasteiger partial charge in [-0.3, -0.25) is 0 Å². The standard InChI is InChI=1S/C23H13F2I2NO3/c24-15-7-5-13(6-8-15)12-30-21-18(26)9-14(10-19(21)27)11-20-23(29)31-22(28-20)16-3-1-2-4-17(16)25/h1-11H,12H2/b20-11-. The molecule has 0 bridgehead atoms. The molecule has 31 heavy (non-hydrogen) atoms. The summed E-state index contributed by atoms with van der Waals surface area (Å²) in [5.41, 5.74) is 1.80. The summed E-state index contributed by atoms with van der Waals surface area (Å²) in [6, 6.07) is 15.8. The van der Waals surface area contributed by atoms with Gasteiger partial charge in [-0.15, -0.1) is 0 Å². The molecule has 8 heteroatoms. The Hall–Kier alpha value is -2.34. The first-order valence-corrected chi connectivity index (χ1v) is 11.2. The van der Waals surface area contributed by atoms with E-state index in [1.165, 1.54) is 24.3 Å². The molecule has 0 aliphatic carbocycles. The zero-order valence-electron chi connectivity index (χ0n) is 15.7. The molecular formula is C23H13F2I2NO3. The number of halogens is 4. The van der Waals surface area contributed by atoms with Gasteiger partial charge in [0.05, 0.1) is 12.7 Å². The number of esters is 1. The summed E-state index contributed by atoms with van der Waals surface area (Å²) in [6.45, 7) is 0.301. The van der Waals surface area contributed by atoms with Crippen LogP contribution in [0.4, 0.5) is 8.78 Å². The zero-order chi connectivity index (χ0) is 22.0. The average Bonchev–Trinajstić information content (AvgIpc) is 3.09. The summed E-state index contributed by atoms with van der Waals surface area (Å²) < 4.78 is 39.7. The van der Waals surface area contributed by atoms with Crippen molar-refractivity contribution < 1.29 is 23.0 Å². The second-order valence-corrected chi connectivity index (χ2v) is 8.87. The largest absolute Gasteiger partial charge is 0.487 e. The van der Waals surface area contributed by atoms with Gasteiger partial charge in [-0.25, -0.2) is 18.6 Å². The molecule has 0 N–H and O–H groups in total. The molecule has 0 spiro atoms. The first-order chi connectivity index (χ1) is 14.9. The van der Waals surface area contributed by atoms with Crippen LogP contribution in [0.1, 0.15) is 16.7 Å². The van der Waals surface area contributed by atoms with E-state index in [0.29, 0.717) is 12.4 Å². The Morgan fingerprint density at radius 1 is 1.00 bits per heavy atom. The van der Waals surface area contributed by atoms with Crippen LogP contribution in [0, 0.1) is 18.8 Å². The van der Waals surface area contributed by atoms with Crippen molar-refractivity contribution in [1.29, 1.82) is 0 Å². The van der Waals surface area contributed by atoms with Crippen molar-refractivity contribution in [3.63, 3.8) is 0 Å². The van der Waals surface area contributed by atoms with Gasteiger partial charge >= 0.3 is 5.97 Å². The highest BCUT2D eigenvalue weighted by molar-refractivity contribution is 14.1. The molecular weight excluding hydrogens is 630 g/mol. The van der Waals surface area contributed by atoms with Gasteiger partial charge in [-0.1, -0.05) is 24.3 Å². The molecule has 0 saturated heterocycles.